The molecule has 17 heavy (non-hydrogen) atoms. The molecule has 0 unspecified atom stereocenters. The second-order valence-corrected chi connectivity index (χ2v) is 4.93. The molecule has 0 atom stereocenters. The van der Waals surface area contributed by atoms with Crippen molar-refractivity contribution in [3.05, 3.63) is 28.2 Å². The van der Waals surface area contributed by atoms with E-state index in [1.807, 2.05) is 0 Å². The van der Waals surface area contributed by atoms with E-state index in [2.05, 4.69) is 21.2 Å². The van der Waals surface area contributed by atoms with E-state index in [0.717, 1.165) is 4.47 Å². The van der Waals surface area contributed by atoms with Crippen LogP contribution in [0.3, 0.4) is 0 Å². The van der Waals surface area contributed by atoms with Crippen molar-refractivity contribution in [2.45, 2.75) is 12.8 Å². The predicted octanol–water partition coefficient (Wildman–Crippen LogP) is 1.95. The van der Waals surface area contributed by atoms with E-state index < -0.39 is 0 Å². The molecule has 0 saturated heterocycles. The Bertz CT molecular complexity index is 437. The number of carbonyl (C=O) groups is 1. The van der Waals surface area contributed by atoms with Gasteiger partial charge in [0.15, 0.2) is 0 Å². The van der Waals surface area contributed by atoms with Gasteiger partial charge in [-0.05, 0) is 31.0 Å². The molecule has 6 heteroatoms. The largest absolute Gasteiger partial charge is 0.507 e. The summed E-state index contributed by atoms with van der Waals surface area (Å²) in [6.07, 6.45) is 1.29. The van der Waals surface area contributed by atoms with E-state index in [9.17, 15) is 9.90 Å². The van der Waals surface area contributed by atoms with Crippen molar-refractivity contribution in [2.75, 3.05) is 6.54 Å². The van der Waals surface area contributed by atoms with Crippen LogP contribution in [-0.4, -0.2) is 22.5 Å². The van der Waals surface area contributed by atoms with E-state index in [1.165, 1.54) is 6.07 Å². The van der Waals surface area contributed by atoms with Gasteiger partial charge in [0.1, 0.15) is 5.75 Å². The molecule has 4 N–H and O–H groups in total. The number of thiocarbonyl (C=S) groups is 1. The molecule has 0 aliphatic heterocycles. The van der Waals surface area contributed by atoms with Crippen LogP contribution in [0.4, 0.5) is 0 Å². The maximum absolute atomic E-state index is 11.7. The lowest BCUT2D eigenvalue weighted by atomic mass is 10.2. The topological polar surface area (TPSA) is 75.3 Å². The maximum Gasteiger partial charge on any atom is 0.255 e. The summed E-state index contributed by atoms with van der Waals surface area (Å²) in [5.41, 5.74) is 5.58. The van der Waals surface area contributed by atoms with Crippen molar-refractivity contribution >= 4 is 39.0 Å². The van der Waals surface area contributed by atoms with Crippen molar-refractivity contribution in [1.29, 1.82) is 0 Å². The number of carbonyl (C=O) groups excluding carboxylic acids is 1. The van der Waals surface area contributed by atoms with Crippen molar-refractivity contribution in [1.82, 2.24) is 5.32 Å². The number of nitrogens with one attached hydrogen (secondary N) is 1. The standard InChI is InChI=1S/C11H13BrN2O2S/c12-7-3-4-9(15)8(6-7)11(16)14-5-1-2-10(13)17/h3-4,6,15H,1-2,5H2,(H2,13,17)(H,14,16). The number of amides is 1. The lowest BCUT2D eigenvalue weighted by molar-refractivity contribution is 0.0950. The first-order chi connectivity index (χ1) is 8.00. The van der Waals surface area contributed by atoms with E-state index in [0.29, 0.717) is 24.4 Å². The number of aromatic hydroxyl groups is 1. The van der Waals surface area contributed by atoms with Crippen molar-refractivity contribution in [3.63, 3.8) is 0 Å². The Morgan fingerprint density at radius 1 is 1.53 bits per heavy atom. The molecule has 0 saturated carbocycles. The number of hydrogen-bond acceptors (Lipinski definition) is 3. The quantitative estimate of drug-likeness (QED) is 0.573. The third-order valence-corrected chi connectivity index (χ3v) is 2.79. The van der Waals surface area contributed by atoms with Crippen LogP contribution in [0.2, 0.25) is 0 Å². The molecule has 1 aromatic carbocycles. The molecule has 1 aromatic rings. The minimum Gasteiger partial charge on any atom is -0.507 e. The van der Waals surface area contributed by atoms with Gasteiger partial charge in [-0.1, -0.05) is 28.1 Å². The molecular formula is C11H13BrN2O2S. The highest BCUT2D eigenvalue weighted by Crippen LogP contribution is 2.21. The van der Waals surface area contributed by atoms with E-state index in [1.54, 1.807) is 12.1 Å². The summed E-state index contributed by atoms with van der Waals surface area (Å²) in [5.74, 6) is -0.355. The molecule has 1 rings (SSSR count). The lowest BCUT2D eigenvalue weighted by Crippen LogP contribution is -2.25. The van der Waals surface area contributed by atoms with Gasteiger partial charge >= 0.3 is 0 Å². The fourth-order valence-corrected chi connectivity index (χ4v) is 1.76. The van der Waals surface area contributed by atoms with Gasteiger partial charge in [0.25, 0.3) is 5.91 Å². The number of halogens is 1. The molecule has 0 bridgehead atoms. The molecule has 0 radical (unpaired) electrons. The smallest absolute Gasteiger partial charge is 0.255 e. The Hall–Kier alpha value is -1.14. The molecule has 1 amide bonds. The van der Waals surface area contributed by atoms with Crippen molar-refractivity contribution in [3.8, 4) is 5.75 Å². The first kappa shape index (κ1) is 13.9. The first-order valence-corrected chi connectivity index (χ1v) is 6.26. The van der Waals surface area contributed by atoms with Gasteiger partial charge in [0.05, 0.1) is 10.6 Å². The molecule has 0 spiro atoms. The zero-order valence-electron chi connectivity index (χ0n) is 9.07. The van der Waals surface area contributed by atoms with Gasteiger partial charge in [-0.2, -0.15) is 0 Å². The molecule has 0 fully saturated rings. The predicted molar refractivity (Wildman–Crippen MR) is 74.2 cm³/mol. The van der Waals surface area contributed by atoms with Gasteiger partial charge in [-0.15, -0.1) is 0 Å². The Morgan fingerprint density at radius 2 is 2.24 bits per heavy atom. The number of nitrogens with two attached hydrogens (primary N) is 1. The normalized spacial score (nSPS) is 9.94. The second kappa shape index (κ2) is 6.56. The Morgan fingerprint density at radius 3 is 2.88 bits per heavy atom. The van der Waals surface area contributed by atoms with Gasteiger partial charge < -0.3 is 16.2 Å². The van der Waals surface area contributed by atoms with E-state index in [4.69, 9.17) is 18.0 Å². The lowest BCUT2D eigenvalue weighted by Gasteiger charge is -2.06. The molecule has 92 valence electrons. The Labute approximate surface area is 113 Å². The summed E-state index contributed by atoms with van der Waals surface area (Å²) in [5, 5.41) is 12.2. The van der Waals surface area contributed by atoms with Crippen molar-refractivity contribution in [2.24, 2.45) is 5.73 Å². The van der Waals surface area contributed by atoms with Crippen LogP contribution in [0.25, 0.3) is 0 Å². The minimum atomic E-state index is -0.313. The summed E-state index contributed by atoms with van der Waals surface area (Å²) in [6, 6.07) is 4.70. The molecule has 0 heterocycles. The zero-order valence-corrected chi connectivity index (χ0v) is 11.5. The number of benzene rings is 1. The molecule has 0 aliphatic carbocycles. The summed E-state index contributed by atoms with van der Waals surface area (Å²) in [4.78, 5) is 12.1. The first-order valence-electron chi connectivity index (χ1n) is 5.05. The minimum absolute atomic E-state index is 0.0416. The number of phenolic OH excluding ortho intramolecular Hbond substituents is 1. The highest BCUT2D eigenvalue weighted by Gasteiger charge is 2.10. The van der Waals surface area contributed by atoms with Gasteiger partial charge in [0.2, 0.25) is 0 Å². The molecular weight excluding hydrogens is 304 g/mol. The van der Waals surface area contributed by atoms with E-state index >= 15 is 0 Å². The average Bonchev–Trinajstić information content (AvgIpc) is 2.27. The monoisotopic (exact) mass is 316 g/mol. The third-order valence-electron chi connectivity index (χ3n) is 2.09. The van der Waals surface area contributed by atoms with Crippen LogP contribution in [-0.2, 0) is 0 Å². The van der Waals surface area contributed by atoms with Crippen LogP contribution in [0.15, 0.2) is 22.7 Å². The van der Waals surface area contributed by atoms with Crippen LogP contribution in [0, 0.1) is 0 Å². The highest BCUT2D eigenvalue weighted by atomic mass is 79.9. The summed E-state index contributed by atoms with van der Waals surface area (Å²) >= 11 is 7.97. The number of phenols is 1. The Balaban J connectivity index is 2.52. The third kappa shape index (κ3) is 4.70. The Kier molecular flexibility index (Phi) is 5.37. The number of rotatable bonds is 5. The molecule has 0 aliphatic rings. The van der Waals surface area contributed by atoms with Gasteiger partial charge in [-0.3, -0.25) is 4.79 Å². The highest BCUT2D eigenvalue weighted by molar-refractivity contribution is 9.10. The van der Waals surface area contributed by atoms with Crippen LogP contribution < -0.4 is 11.1 Å². The summed E-state index contributed by atoms with van der Waals surface area (Å²) < 4.78 is 0.739. The molecule has 4 nitrogen and oxygen atoms in total. The SMILES string of the molecule is NC(=S)CCCNC(=O)c1cc(Br)ccc1O. The fourth-order valence-electron chi connectivity index (χ4n) is 1.25. The van der Waals surface area contributed by atoms with Crippen LogP contribution in [0.5, 0.6) is 5.75 Å². The molecule has 0 aromatic heterocycles. The number of hydrogen-bond donors (Lipinski definition) is 3. The maximum atomic E-state index is 11.7. The zero-order chi connectivity index (χ0) is 12.8. The fraction of sp³-hybridized carbons (Fsp3) is 0.273. The van der Waals surface area contributed by atoms with Gasteiger partial charge in [-0.25, -0.2) is 0 Å². The van der Waals surface area contributed by atoms with E-state index in [-0.39, 0.29) is 17.2 Å². The second-order valence-electron chi connectivity index (χ2n) is 3.49. The van der Waals surface area contributed by atoms with Crippen LogP contribution >= 0.6 is 28.1 Å². The van der Waals surface area contributed by atoms with Crippen LogP contribution in [0.1, 0.15) is 23.2 Å². The summed E-state index contributed by atoms with van der Waals surface area (Å²) in [7, 11) is 0. The van der Waals surface area contributed by atoms with Crippen molar-refractivity contribution < 1.29 is 9.90 Å². The summed E-state index contributed by atoms with van der Waals surface area (Å²) in [6.45, 7) is 0.474. The average molecular weight is 317 g/mol. The van der Waals surface area contributed by atoms with Gasteiger partial charge in [0, 0.05) is 11.0 Å².